The van der Waals surface area contributed by atoms with Crippen LogP contribution in [-0.4, -0.2) is 0 Å². The first-order valence-corrected chi connectivity index (χ1v) is 5.92. The summed E-state index contributed by atoms with van der Waals surface area (Å²) in [6.45, 7) is 2.10. The van der Waals surface area contributed by atoms with Gasteiger partial charge < -0.3 is 5.73 Å². The maximum atomic E-state index is 6.09. The van der Waals surface area contributed by atoms with Gasteiger partial charge in [0.2, 0.25) is 0 Å². The van der Waals surface area contributed by atoms with Crippen molar-refractivity contribution in [2.75, 3.05) is 0 Å². The average Bonchev–Trinajstić information content (AvgIpc) is 2.72. The summed E-state index contributed by atoms with van der Waals surface area (Å²) < 4.78 is 0. The van der Waals surface area contributed by atoms with Crippen molar-refractivity contribution >= 4 is 22.7 Å². The van der Waals surface area contributed by atoms with Crippen molar-refractivity contribution in [3.05, 3.63) is 44.3 Å². The monoisotopic (exact) mass is 209 g/mol. The van der Waals surface area contributed by atoms with Crippen LogP contribution >= 0.6 is 22.7 Å². The van der Waals surface area contributed by atoms with E-state index < -0.39 is 0 Å². The largest absolute Gasteiger partial charge is 0.320 e. The predicted molar refractivity (Wildman–Crippen MR) is 59.4 cm³/mol. The van der Waals surface area contributed by atoms with Gasteiger partial charge in [-0.25, -0.2) is 0 Å². The lowest BCUT2D eigenvalue weighted by Gasteiger charge is -2.05. The molecular weight excluding hydrogens is 198 g/mol. The number of nitrogens with two attached hydrogens (primary N) is 1. The number of aryl methyl sites for hydroxylation is 1. The van der Waals surface area contributed by atoms with Crippen molar-refractivity contribution in [3.63, 3.8) is 0 Å². The van der Waals surface area contributed by atoms with Crippen LogP contribution in [0, 0.1) is 6.92 Å². The van der Waals surface area contributed by atoms with E-state index in [1.54, 1.807) is 22.7 Å². The molecule has 2 heterocycles. The van der Waals surface area contributed by atoms with Crippen LogP contribution in [0.3, 0.4) is 0 Å². The van der Waals surface area contributed by atoms with Gasteiger partial charge in [0.05, 0.1) is 6.04 Å². The molecule has 3 heteroatoms. The van der Waals surface area contributed by atoms with Crippen LogP contribution in [0.4, 0.5) is 0 Å². The van der Waals surface area contributed by atoms with Crippen molar-refractivity contribution in [1.29, 1.82) is 0 Å². The second-order valence-electron chi connectivity index (χ2n) is 3.06. The quantitative estimate of drug-likeness (QED) is 0.807. The minimum atomic E-state index is 0.0601. The molecule has 0 spiro atoms. The van der Waals surface area contributed by atoms with Gasteiger partial charge in [0.25, 0.3) is 0 Å². The van der Waals surface area contributed by atoms with Crippen LogP contribution < -0.4 is 5.73 Å². The van der Waals surface area contributed by atoms with Gasteiger partial charge in [0.15, 0.2) is 0 Å². The average molecular weight is 209 g/mol. The van der Waals surface area contributed by atoms with Crippen molar-refractivity contribution in [2.24, 2.45) is 5.73 Å². The van der Waals surface area contributed by atoms with E-state index in [0.717, 1.165) is 0 Å². The molecule has 0 aromatic carbocycles. The number of rotatable bonds is 2. The molecule has 0 aliphatic carbocycles. The van der Waals surface area contributed by atoms with Crippen LogP contribution in [0.15, 0.2) is 28.3 Å². The molecule has 0 radical (unpaired) electrons. The van der Waals surface area contributed by atoms with Crippen molar-refractivity contribution in [3.8, 4) is 0 Å². The summed E-state index contributed by atoms with van der Waals surface area (Å²) in [7, 11) is 0. The lowest BCUT2D eigenvalue weighted by atomic mass is 10.1. The highest BCUT2D eigenvalue weighted by Crippen LogP contribution is 2.26. The third-order valence-corrected chi connectivity index (χ3v) is 3.79. The van der Waals surface area contributed by atoms with Crippen molar-refractivity contribution in [1.82, 2.24) is 0 Å². The van der Waals surface area contributed by atoms with Crippen molar-refractivity contribution in [2.45, 2.75) is 13.0 Å². The van der Waals surface area contributed by atoms with E-state index in [0.29, 0.717) is 0 Å². The normalized spacial score (nSPS) is 13.1. The SMILES string of the molecule is Cc1csc(C(N)c2ccsc2)c1. The first kappa shape index (κ1) is 8.94. The fraction of sp³-hybridized carbons (Fsp3) is 0.200. The molecule has 2 N–H and O–H groups in total. The third-order valence-electron chi connectivity index (χ3n) is 1.96. The Morgan fingerprint density at radius 3 is 2.77 bits per heavy atom. The smallest absolute Gasteiger partial charge is 0.0654 e. The zero-order valence-corrected chi connectivity index (χ0v) is 8.99. The zero-order valence-electron chi connectivity index (χ0n) is 7.36. The van der Waals surface area contributed by atoms with Gasteiger partial charge in [-0.15, -0.1) is 11.3 Å². The first-order valence-electron chi connectivity index (χ1n) is 4.10. The Morgan fingerprint density at radius 2 is 2.23 bits per heavy atom. The first-order chi connectivity index (χ1) is 6.27. The summed E-state index contributed by atoms with van der Waals surface area (Å²) in [6.07, 6.45) is 0. The number of hydrogen-bond donors (Lipinski definition) is 1. The molecule has 0 aliphatic heterocycles. The highest BCUT2D eigenvalue weighted by atomic mass is 32.1. The predicted octanol–water partition coefficient (Wildman–Crippen LogP) is 3.17. The second kappa shape index (κ2) is 3.62. The van der Waals surface area contributed by atoms with Gasteiger partial charge in [-0.05, 0) is 46.3 Å². The Balaban J connectivity index is 2.28. The molecule has 0 fully saturated rings. The second-order valence-corrected chi connectivity index (χ2v) is 4.78. The highest BCUT2D eigenvalue weighted by molar-refractivity contribution is 7.10. The zero-order chi connectivity index (χ0) is 9.26. The summed E-state index contributed by atoms with van der Waals surface area (Å²) >= 11 is 3.43. The standard InChI is InChI=1S/C10H11NS2/c1-7-4-9(13-5-7)10(11)8-2-3-12-6-8/h2-6,10H,11H2,1H3. The van der Waals surface area contributed by atoms with Crippen LogP contribution in [0.25, 0.3) is 0 Å². The van der Waals surface area contributed by atoms with E-state index in [1.165, 1.54) is 16.0 Å². The van der Waals surface area contributed by atoms with E-state index >= 15 is 0 Å². The minimum Gasteiger partial charge on any atom is -0.320 e. The Kier molecular flexibility index (Phi) is 2.49. The maximum absolute atomic E-state index is 6.09. The van der Waals surface area contributed by atoms with E-state index in [4.69, 9.17) is 5.73 Å². The molecule has 0 saturated heterocycles. The van der Waals surface area contributed by atoms with Crippen LogP contribution in [0.1, 0.15) is 22.0 Å². The van der Waals surface area contributed by atoms with Gasteiger partial charge in [0.1, 0.15) is 0 Å². The molecule has 2 rings (SSSR count). The Bertz CT molecular complexity index is 375. The fourth-order valence-electron chi connectivity index (χ4n) is 1.23. The van der Waals surface area contributed by atoms with E-state index in [2.05, 4.69) is 35.2 Å². The summed E-state index contributed by atoms with van der Waals surface area (Å²) in [5, 5.41) is 6.32. The van der Waals surface area contributed by atoms with E-state index in [9.17, 15) is 0 Å². The van der Waals surface area contributed by atoms with Gasteiger partial charge >= 0.3 is 0 Å². The van der Waals surface area contributed by atoms with E-state index in [-0.39, 0.29) is 6.04 Å². The van der Waals surface area contributed by atoms with Crippen LogP contribution in [0.5, 0.6) is 0 Å². The highest BCUT2D eigenvalue weighted by Gasteiger charge is 2.10. The fourth-order valence-corrected chi connectivity index (χ4v) is 2.86. The maximum Gasteiger partial charge on any atom is 0.0654 e. The lowest BCUT2D eigenvalue weighted by molar-refractivity contribution is 0.898. The Labute approximate surface area is 85.8 Å². The van der Waals surface area contributed by atoms with Gasteiger partial charge in [-0.1, -0.05) is 0 Å². The molecule has 1 unspecified atom stereocenters. The molecule has 1 atom stereocenters. The Morgan fingerprint density at radius 1 is 1.38 bits per heavy atom. The van der Waals surface area contributed by atoms with Crippen LogP contribution in [0.2, 0.25) is 0 Å². The lowest BCUT2D eigenvalue weighted by Crippen LogP contribution is -2.08. The van der Waals surface area contributed by atoms with E-state index in [1.807, 2.05) is 0 Å². The topological polar surface area (TPSA) is 26.0 Å². The molecule has 0 saturated carbocycles. The summed E-state index contributed by atoms with van der Waals surface area (Å²) in [6, 6.07) is 4.31. The summed E-state index contributed by atoms with van der Waals surface area (Å²) in [5.74, 6) is 0. The minimum absolute atomic E-state index is 0.0601. The molecule has 13 heavy (non-hydrogen) atoms. The van der Waals surface area contributed by atoms with Gasteiger partial charge in [-0.3, -0.25) is 0 Å². The van der Waals surface area contributed by atoms with Crippen LogP contribution in [-0.2, 0) is 0 Å². The number of hydrogen-bond acceptors (Lipinski definition) is 3. The molecule has 0 bridgehead atoms. The summed E-state index contributed by atoms with van der Waals surface area (Å²) in [4.78, 5) is 1.25. The molecular formula is C10H11NS2. The molecule has 68 valence electrons. The van der Waals surface area contributed by atoms with Crippen molar-refractivity contribution < 1.29 is 0 Å². The Hall–Kier alpha value is -0.640. The molecule has 2 aromatic heterocycles. The number of thiophene rings is 2. The third kappa shape index (κ3) is 1.82. The molecule has 1 nitrogen and oxygen atoms in total. The molecule has 0 amide bonds. The summed E-state index contributed by atoms with van der Waals surface area (Å²) in [5.41, 5.74) is 8.60. The molecule has 0 aliphatic rings. The van der Waals surface area contributed by atoms with Gasteiger partial charge in [-0.2, -0.15) is 11.3 Å². The molecule has 2 aromatic rings. The van der Waals surface area contributed by atoms with Gasteiger partial charge in [0, 0.05) is 4.88 Å².